The summed E-state index contributed by atoms with van der Waals surface area (Å²) in [5.74, 6) is 0.664. The molecule has 4 heterocycles. The largest absolute Gasteiger partial charge is 0.317 e. The van der Waals surface area contributed by atoms with E-state index in [0.717, 1.165) is 27.6 Å². The van der Waals surface area contributed by atoms with Gasteiger partial charge in [0, 0.05) is 52.0 Å². The molecule has 0 bridgehead atoms. The standard InChI is InChI=1S/C27H17N5/c1-2-6-19(7-3-1)31-15-13-21-23(31)10-11-25-26(21)20-8-4-5-9-24(20)32(25)27-29-17-18-16-28-14-12-22(18)30-27/h1-17H. The maximum atomic E-state index is 4.86. The van der Waals surface area contributed by atoms with Crippen LogP contribution in [0.4, 0.5) is 0 Å². The maximum absolute atomic E-state index is 4.86. The van der Waals surface area contributed by atoms with Crippen molar-refractivity contribution >= 4 is 43.6 Å². The molecule has 0 fully saturated rings. The molecule has 5 heteroatoms. The Morgan fingerprint density at radius 2 is 1.47 bits per heavy atom. The van der Waals surface area contributed by atoms with Crippen LogP contribution >= 0.6 is 0 Å². The Labute approximate surface area is 183 Å². The first-order valence-corrected chi connectivity index (χ1v) is 10.5. The maximum Gasteiger partial charge on any atom is 0.235 e. The Balaban J connectivity index is 1.58. The van der Waals surface area contributed by atoms with Crippen LogP contribution in [0.1, 0.15) is 0 Å². The van der Waals surface area contributed by atoms with Gasteiger partial charge in [-0.05, 0) is 42.5 Å². The van der Waals surface area contributed by atoms with Crippen molar-refractivity contribution in [1.29, 1.82) is 0 Å². The molecule has 0 aliphatic carbocycles. The fourth-order valence-corrected chi connectivity index (χ4v) is 4.69. The second kappa shape index (κ2) is 6.49. The van der Waals surface area contributed by atoms with E-state index in [1.165, 1.54) is 21.7 Å². The van der Waals surface area contributed by atoms with E-state index in [1.54, 1.807) is 12.4 Å². The molecule has 32 heavy (non-hydrogen) atoms. The lowest BCUT2D eigenvalue weighted by molar-refractivity contribution is 1.01. The molecule has 3 aromatic carbocycles. The quantitative estimate of drug-likeness (QED) is 0.347. The third-order valence-electron chi connectivity index (χ3n) is 6.11. The number of para-hydroxylation sites is 2. The lowest BCUT2D eigenvalue weighted by Gasteiger charge is -2.08. The number of pyridine rings is 1. The number of benzene rings is 3. The molecule has 0 saturated carbocycles. The Morgan fingerprint density at radius 3 is 2.41 bits per heavy atom. The van der Waals surface area contributed by atoms with Crippen LogP contribution in [-0.4, -0.2) is 24.1 Å². The monoisotopic (exact) mass is 411 g/mol. The van der Waals surface area contributed by atoms with Crippen molar-refractivity contribution < 1.29 is 0 Å². The highest BCUT2D eigenvalue weighted by molar-refractivity contribution is 6.21. The molecule has 7 rings (SSSR count). The van der Waals surface area contributed by atoms with Crippen molar-refractivity contribution in [3.05, 3.63) is 104 Å². The smallest absolute Gasteiger partial charge is 0.235 e. The van der Waals surface area contributed by atoms with Gasteiger partial charge in [-0.15, -0.1) is 0 Å². The number of fused-ring (bicyclic) bond motifs is 6. The molecule has 150 valence electrons. The van der Waals surface area contributed by atoms with Crippen molar-refractivity contribution in [3.63, 3.8) is 0 Å². The Morgan fingerprint density at radius 1 is 0.656 bits per heavy atom. The summed E-state index contributed by atoms with van der Waals surface area (Å²) in [6.45, 7) is 0. The normalized spacial score (nSPS) is 11.8. The Kier molecular flexibility index (Phi) is 3.49. The lowest BCUT2D eigenvalue weighted by atomic mass is 10.1. The molecule has 0 N–H and O–H groups in total. The first-order chi connectivity index (χ1) is 15.9. The van der Waals surface area contributed by atoms with Crippen LogP contribution < -0.4 is 0 Å². The van der Waals surface area contributed by atoms with Crippen molar-refractivity contribution in [3.8, 4) is 11.6 Å². The van der Waals surface area contributed by atoms with Crippen LogP contribution in [0.5, 0.6) is 0 Å². The predicted molar refractivity (Wildman–Crippen MR) is 129 cm³/mol. The highest BCUT2D eigenvalue weighted by Gasteiger charge is 2.17. The zero-order valence-corrected chi connectivity index (χ0v) is 17.1. The zero-order valence-electron chi connectivity index (χ0n) is 17.1. The minimum absolute atomic E-state index is 0.664. The first kappa shape index (κ1) is 17.2. The second-order valence-corrected chi connectivity index (χ2v) is 7.87. The van der Waals surface area contributed by atoms with Gasteiger partial charge in [-0.25, -0.2) is 9.97 Å². The summed E-state index contributed by atoms with van der Waals surface area (Å²) < 4.78 is 4.39. The summed E-state index contributed by atoms with van der Waals surface area (Å²) in [6, 6.07) is 27.4. The lowest BCUT2D eigenvalue weighted by Crippen LogP contribution is -2.01. The molecule has 0 amide bonds. The van der Waals surface area contributed by atoms with E-state index >= 15 is 0 Å². The molecule has 5 nitrogen and oxygen atoms in total. The van der Waals surface area contributed by atoms with Gasteiger partial charge in [0.15, 0.2) is 0 Å². The molecule has 0 aliphatic heterocycles. The second-order valence-electron chi connectivity index (χ2n) is 7.87. The average molecular weight is 411 g/mol. The van der Waals surface area contributed by atoms with Gasteiger partial charge >= 0.3 is 0 Å². The van der Waals surface area contributed by atoms with Gasteiger partial charge in [-0.1, -0.05) is 36.4 Å². The highest BCUT2D eigenvalue weighted by Crippen LogP contribution is 2.37. The summed E-state index contributed by atoms with van der Waals surface area (Å²) in [5, 5.41) is 4.55. The Bertz CT molecular complexity index is 1780. The topological polar surface area (TPSA) is 48.5 Å². The molecular weight excluding hydrogens is 394 g/mol. The van der Waals surface area contributed by atoms with Gasteiger partial charge in [0.2, 0.25) is 5.95 Å². The summed E-state index contributed by atoms with van der Waals surface area (Å²) >= 11 is 0. The van der Waals surface area contributed by atoms with Crippen LogP contribution in [0.15, 0.2) is 104 Å². The van der Waals surface area contributed by atoms with Crippen LogP contribution in [0.2, 0.25) is 0 Å². The van der Waals surface area contributed by atoms with Crippen LogP contribution in [-0.2, 0) is 0 Å². The first-order valence-electron chi connectivity index (χ1n) is 10.5. The molecular formula is C27H17N5. The van der Waals surface area contributed by atoms with Gasteiger partial charge in [-0.3, -0.25) is 9.55 Å². The van der Waals surface area contributed by atoms with Crippen LogP contribution in [0.3, 0.4) is 0 Å². The fourth-order valence-electron chi connectivity index (χ4n) is 4.69. The molecule has 0 saturated heterocycles. The van der Waals surface area contributed by atoms with E-state index in [9.17, 15) is 0 Å². The molecule has 0 radical (unpaired) electrons. The molecule has 7 aromatic rings. The van der Waals surface area contributed by atoms with Crippen molar-refractivity contribution in [2.45, 2.75) is 0 Å². The highest BCUT2D eigenvalue weighted by atomic mass is 15.2. The molecule has 0 unspecified atom stereocenters. The zero-order chi connectivity index (χ0) is 21.1. The van der Waals surface area contributed by atoms with Gasteiger partial charge < -0.3 is 4.57 Å². The number of hydrogen-bond acceptors (Lipinski definition) is 3. The number of hydrogen-bond donors (Lipinski definition) is 0. The number of aromatic nitrogens is 5. The minimum atomic E-state index is 0.664. The molecule has 0 aliphatic rings. The third-order valence-corrected chi connectivity index (χ3v) is 6.11. The number of nitrogens with zero attached hydrogens (tertiary/aromatic N) is 5. The fraction of sp³-hybridized carbons (Fsp3) is 0. The van der Waals surface area contributed by atoms with Crippen LogP contribution in [0.25, 0.3) is 55.2 Å². The van der Waals surface area contributed by atoms with E-state index in [4.69, 9.17) is 4.98 Å². The van der Waals surface area contributed by atoms with E-state index in [1.807, 2.05) is 18.3 Å². The Hall–Kier alpha value is -4.51. The van der Waals surface area contributed by atoms with E-state index < -0.39 is 0 Å². The molecule has 4 aromatic heterocycles. The average Bonchev–Trinajstić information content (AvgIpc) is 3.43. The van der Waals surface area contributed by atoms with Gasteiger partial charge in [0.1, 0.15) is 0 Å². The summed E-state index contributed by atoms with van der Waals surface area (Å²) in [6.07, 6.45) is 7.54. The summed E-state index contributed by atoms with van der Waals surface area (Å²) in [4.78, 5) is 13.7. The van der Waals surface area contributed by atoms with E-state index in [0.29, 0.717) is 5.95 Å². The SMILES string of the molecule is c1ccc(-n2ccc3c4c5ccccc5n(-c5ncc6cnccc6n5)c4ccc32)cc1. The number of rotatable bonds is 2. The van der Waals surface area contributed by atoms with Crippen molar-refractivity contribution in [1.82, 2.24) is 24.1 Å². The summed E-state index contributed by atoms with van der Waals surface area (Å²) in [7, 11) is 0. The predicted octanol–water partition coefficient (Wildman–Crippen LogP) is 6.07. The van der Waals surface area contributed by atoms with Crippen LogP contribution in [0, 0.1) is 0 Å². The van der Waals surface area contributed by atoms with Gasteiger partial charge in [0.05, 0.1) is 22.1 Å². The van der Waals surface area contributed by atoms with Gasteiger partial charge in [0.25, 0.3) is 0 Å². The molecule has 0 spiro atoms. The molecule has 0 atom stereocenters. The third kappa shape index (κ3) is 2.36. The van der Waals surface area contributed by atoms with Crippen molar-refractivity contribution in [2.24, 2.45) is 0 Å². The minimum Gasteiger partial charge on any atom is -0.317 e. The van der Waals surface area contributed by atoms with E-state index in [2.05, 4.69) is 92.0 Å². The van der Waals surface area contributed by atoms with Crippen molar-refractivity contribution in [2.75, 3.05) is 0 Å². The van der Waals surface area contributed by atoms with Gasteiger partial charge in [-0.2, -0.15) is 0 Å². The van der Waals surface area contributed by atoms with E-state index in [-0.39, 0.29) is 0 Å². The summed E-state index contributed by atoms with van der Waals surface area (Å²) in [5.41, 5.74) is 5.40.